The van der Waals surface area contributed by atoms with Crippen LogP contribution in [0.25, 0.3) is 0 Å². The minimum atomic E-state index is -0.324. The average Bonchev–Trinajstić information content (AvgIpc) is 3.09. The van der Waals surface area contributed by atoms with Crippen LogP contribution < -0.4 is 0 Å². The average molecular weight is 397 g/mol. The predicted molar refractivity (Wildman–Crippen MR) is 118 cm³/mol. The van der Waals surface area contributed by atoms with Crippen LogP contribution in [0, 0.1) is 34.5 Å². The van der Waals surface area contributed by atoms with E-state index in [9.17, 15) is 0 Å². The predicted octanol–water partition coefficient (Wildman–Crippen LogP) is 7.18. The molecule has 29 heavy (non-hydrogen) atoms. The van der Waals surface area contributed by atoms with Gasteiger partial charge < -0.3 is 0 Å². The number of hydrogen-bond acceptors (Lipinski definition) is 2. The van der Waals surface area contributed by atoms with Gasteiger partial charge in [0.1, 0.15) is 11.2 Å². The molecule has 0 radical (unpaired) electrons. The van der Waals surface area contributed by atoms with Crippen molar-refractivity contribution in [1.82, 2.24) is 0 Å². The molecule has 6 rings (SSSR count). The molecule has 6 aliphatic rings. The van der Waals surface area contributed by atoms with Crippen molar-refractivity contribution in [3.63, 3.8) is 0 Å². The summed E-state index contributed by atoms with van der Waals surface area (Å²) < 4.78 is 0. The van der Waals surface area contributed by atoms with Crippen LogP contribution in [0.3, 0.4) is 0 Å². The Hall–Kier alpha value is -0.860. The molecule has 2 heterocycles. The van der Waals surface area contributed by atoms with Gasteiger partial charge in [0.15, 0.2) is 0 Å². The highest BCUT2D eigenvalue weighted by atomic mass is 17.2. The van der Waals surface area contributed by atoms with Crippen molar-refractivity contribution >= 4 is 0 Å². The highest BCUT2D eigenvalue weighted by molar-refractivity contribution is 5.47. The summed E-state index contributed by atoms with van der Waals surface area (Å²) in [5.74, 6) is 2.53. The van der Waals surface area contributed by atoms with E-state index in [-0.39, 0.29) is 22.0 Å². The Labute approximate surface area is 177 Å². The Bertz CT molecular complexity index is 764. The lowest BCUT2D eigenvalue weighted by molar-refractivity contribution is -0.452. The third-order valence-corrected chi connectivity index (χ3v) is 10.0. The van der Waals surface area contributed by atoms with E-state index in [1.807, 2.05) is 0 Å². The molecule has 1 saturated heterocycles. The molecule has 2 nitrogen and oxygen atoms in total. The molecule has 0 aromatic carbocycles. The SMILES string of the molecule is CCC(C)/C=C/[C@@H](C)[C@H]1CC[C@H]2C34C=C[C@]5(CCCC[C@]5(C)C3=CC[C@]12C)OO4. The Morgan fingerprint density at radius 2 is 1.86 bits per heavy atom. The van der Waals surface area contributed by atoms with Gasteiger partial charge in [-0.15, -0.1) is 0 Å². The summed E-state index contributed by atoms with van der Waals surface area (Å²) in [4.78, 5) is 12.8. The number of hydrogen-bond donors (Lipinski definition) is 0. The first-order valence-corrected chi connectivity index (χ1v) is 12.3. The van der Waals surface area contributed by atoms with Crippen molar-refractivity contribution in [2.24, 2.45) is 34.5 Å². The van der Waals surface area contributed by atoms with E-state index in [2.05, 4.69) is 65.0 Å². The van der Waals surface area contributed by atoms with Crippen molar-refractivity contribution in [3.8, 4) is 0 Å². The van der Waals surface area contributed by atoms with Crippen molar-refractivity contribution in [2.75, 3.05) is 0 Å². The van der Waals surface area contributed by atoms with Crippen molar-refractivity contribution in [1.29, 1.82) is 0 Å². The maximum atomic E-state index is 6.44. The molecule has 0 amide bonds. The second-order valence-corrected chi connectivity index (χ2v) is 11.4. The van der Waals surface area contributed by atoms with E-state index in [0.717, 1.165) is 6.42 Å². The smallest absolute Gasteiger partial charge is 0.147 e. The molecule has 2 aliphatic heterocycles. The van der Waals surface area contributed by atoms with E-state index in [4.69, 9.17) is 9.78 Å². The maximum Gasteiger partial charge on any atom is 0.147 e. The van der Waals surface area contributed by atoms with Gasteiger partial charge in [0.05, 0.1) is 0 Å². The van der Waals surface area contributed by atoms with Gasteiger partial charge in [0.25, 0.3) is 0 Å². The van der Waals surface area contributed by atoms with Gasteiger partial charge in [-0.3, -0.25) is 0 Å². The Morgan fingerprint density at radius 1 is 1.07 bits per heavy atom. The van der Waals surface area contributed by atoms with E-state index in [1.165, 1.54) is 44.9 Å². The summed E-state index contributed by atoms with van der Waals surface area (Å²) in [6, 6.07) is 0. The summed E-state index contributed by atoms with van der Waals surface area (Å²) in [5.41, 5.74) is 1.40. The van der Waals surface area contributed by atoms with Crippen LogP contribution >= 0.6 is 0 Å². The molecule has 160 valence electrons. The third-order valence-electron chi connectivity index (χ3n) is 10.0. The molecule has 2 spiro atoms. The lowest BCUT2D eigenvalue weighted by Crippen LogP contribution is -2.68. The second-order valence-electron chi connectivity index (χ2n) is 11.4. The highest BCUT2D eigenvalue weighted by Crippen LogP contribution is 2.71. The van der Waals surface area contributed by atoms with E-state index in [1.54, 1.807) is 5.57 Å². The van der Waals surface area contributed by atoms with Crippen molar-refractivity contribution < 1.29 is 9.78 Å². The highest BCUT2D eigenvalue weighted by Gasteiger charge is 2.71. The van der Waals surface area contributed by atoms with Gasteiger partial charge in [-0.05, 0) is 73.0 Å². The molecule has 4 aliphatic carbocycles. The molecular weight excluding hydrogens is 356 g/mol. The fraction of sp³-hybridized carbons (Fsp3) is 0.778. The summed E-state index contributed by atoms with van der Waals surface area (Å²) >= 11 is 0. The molecule has 2 saturated carbocycles. The zero-order valence-corrected chi connectivity index (χ0v) is 19.2. The van der Waals surface area contributed by atoms with Crippen molar-refractivity contribution in [2.45, 2.75) is 97.2 Å². The van der Waals surface area contributed by atoms with E-state index >= 15 is 0 Å². The number of allylic oxidation sites excluding steroid dienone is 3. The first-order chi connectivity index (χ1) is 13.8. The van der Waals surface area contributed by atoms with Crippen LogP contribution in [0.4, 0.5) is 0 Å². The minimum Gasteiger partial charge on any atom is -0.224 e. The first-order valence-electron chi connectivity index (χ1n) is 12.3. The Balaban J connectivity index is 1.51. The van der Waals surface area contributed by atoms with Crippen molar-refractivity contribution in [3.05, 3.63) is 36.0 Å². The Kier molecular flexibility index (Phi) is 4.54. The monoisotopic (exact) mass is 396 g/mol. The van der Waals surface area contributed by atoms with Gasteiger partial charge in [0.2, 0.25) is 0 Å². The molecule has 2 bridgehead atoms. The van der Waals surface area contributed by atoms with Crippen LogP contribution in [0.5, 0.6) is 0 Å². The third kappa shape index (κ3) is 2.48. The van der Waals surface area contributed by atoms with E-state index in [0.29, 0.717) is 23.7 Å². The molecule has 0 aromatic heterocycles. The normalized spacial score (nSPS) is 50.0. The number of fused-ring (bicyclic) bond motifs is 2. The topological polar surface area (TPSA) is 18.5 Å². The van der Waals surface area contributed by atoms with Gasteiger partial charge in [-0.1, -0.05) is 72.1 Å². The summed E-state index contributed by atoms with van der Waals surface area (Å²) in [6.45, 7) is 12.1. The zero-order valence-electron chi connectivity index (χ0n) is 19.2. The zero-order chi connectivity index (χ0) is 20.5. The van der Waals surface area contributed by atoms with Crippen LogP contribution in [-0.2, 0) is 9.78 Å². The fourth-order valence-corrected chi connectivity index (χ4v) is 7.97. The molecule has 2 heteroatoms. The molecule has 2 unspecified atom stereocenters. The minimum absolute atomic E-state index is 0.111. The van der Waals surface area contributed by atoms with Gasteiger partial charge >= 0.3 is 0 Å². The van der Waals surface area contributed by atoms with Crippen LogP contribution in [-0.4, -0.2) is 11.2 Å². The fourth-order valence-electron chi connectivity index (χ4n) is 7.97. The van der Waals surface area contributed by atoms with E-state index < -0.39 is 0 Å². The van der Waals surface area contributed by atoms with Crippen LogP contribution in [0.2, 0.25) is 0 Å². The van der Waals surface area contributed by atoms with Gasteiger partial charge in [0, 0.05) is 11.3 Å². The number of rotatable bonds is 4. The molecule has 0 aromatic rings. The lowest BCUT2D eigenvalue weighted by atomic mass is 9.47. The standard InChI is InChI=1S/C27H40O2/c1-6-19(2)9-10-20(3)21-11-12-22-24(21,4)16-13-23-25(5)14-7-8-15-26(25)17-18-27(22,23)29-28-26/h9-10,13,17-22H,6-8,11-12,14-16H2,1-5H3/b10-9+/t19?,20-,21-,22-,24-,25-,26+,27?/m1/s1. The lowest BCUT2D eigenvalue weighted by Gasteiger charge is -2.65. The molecule has 0 N–H and O–H groups in total. The van der Waals surface area contributed by atoms with Crippen LogP contribution in [0.15, 0.2) is 36.0 Å². The quantitative estimate of drug-likeness (QED) is 0.370. The first kappa shape index (κ1) is 20.1. The van der Waals surface area contributed by atoms with Gasteiger partial charge in [-0.2, -0.15) is 0 Å². The molecule has 8 atom stereocenters. The summed E-state index contributed by atoms with van der Waals surface area (Å²) in [6.07, 6.45) is 22.2. The largest absolute Gasteiger partial charge is 0.224 e. The van der Waals surface area contributed by atoms with Crippen LogP contribution in [0.1, 0.15) is 86.0 Å². The summed E-state index contributed by atoms with van der Waals surface area (Å²) in [5, 5.41) is 0. The maximum absolute atomic E-state index is 6.44. The van der Waals surface area contributed by atoms with Gasteiger partial charge in [-0.25, -0.2) is 9.78 Å². The molecular formula is C27H40O2. The Morgan fingerprint density at radius 3 is 2.59 bits per heavy atom. The summed E-state index contributed by atoms with van der Waals surface area (Å²) in [7, 11) is 0. The molecule has 3 fully saturated rings. The second kappa shape index (κ2) is 6.57.